The fourth-order valence-electron chi connectivity index (χ4n) is 6.60. The van der Waals surface area contributed by atoms with Crippen LogP contribution < -0.4 is 11.1 Å². The highest BCUT2D eigenvalue weighted by Gasteiger charge is 2.30. The van der Waals surface area contributed by atoms with Crippen LogP contribution in [0.2, 0.25) is 0 Å². The van der Waals surface area contributed by atoms with Gasteiger partial charge in [0.15, 0.2) is 0 Å². The van der Waals surface area contributed by atoms with E-state index in [0.717, 1.165) is 68.7 Å². The molecule has 2 aromatic heterocycles. The molecule has 1 saturated heterocycles. The fraction of sp³-hybridized carbons (Fsp3) is 0.421. The first kappa shape index (κ1) is 34.3. The lowest BCUT2D eigenvalue weighted by Gasteiger charge is -2.32. The number of anilines is 1. The minimum Gasteiger partial charge on any atom is -0.481 e. The number of carbonyl (C=O) groups is 2. The quantitative estimate of drug-likeness (QED) is 0.158. The molecule has 4 N–H and O–H groups in total. The molecule has 11 heteroatoms. The molecule has 1 aliphatic heterocycles. The number of ether oxygens (including phenoxy) is 1. The number of likely N-dealkylation sites (N-methyl/N-ethyl adjacent to an activating group) is 1. The van der Waals surface area contributed by atoms with E-state index >= 15 is 0 Å². The number of pyridine rings is 1. The van der Waals surface area contributed by atoms with Gasteiger partial charge in [-0.3, -0.25) is 19.2 Å². The molecule has 2 aromatic carbocycles. The number of nitrogen functional groups attached to an aromatic ring is 1. The molecule has 2 fully saturated rings. The standard InChI is InChI=1S/C38H47N7O4/c1-43-17-19-44(20-18-43)24-27-8-12-29(13-9-27)30-14-10-28(11-15-30)26-49-35-6-4-5-34(35)42-38(48)33-21-31(22-40-37(33)39)32-23-41-45(25-32)16-3-2-7-36(46)47/h8-15,21-23,25,34-35H,2-7,16-20,24,26H2,1H3,(H2,39,40)(H,42,48)(H,46,47)/t34-,35-/m0/s1. The second-order valence-electron chi connectivity index (χ2n) is 13.3. The molecule has 0 unspecified atom stereocenters. The average Bonchev–Trinajstić information content (AvgIpc) is 3.77. The van der Waals surface area contributed by atoms with E-state index in [1.54, 1.807) is 23.1 Å². The molecule has 3 heterocycles. The van der Waals surface area contributed by atoms with E-state index in [1.807, 2.05) is 6.20 Å². The number of hydrogen-bond donors (Lipinski definition) is 3. The Morgan fingerprint density at radius 3 is 2.35 bits per heavy atom. The maximum Gasteiger partial charge on any atom is 0.303 e. The number of unbranched alkanes of at least 4 members (excludes halogenated alkanes) is 1. The van der Waals surface area contributed by atoms with Crippen molar-refractivity contribution in [2.45, 2.75) is 70.4 Å². The number of nitrogens with two attached hydrogens (primary N) is 1. The maximum absolute atomic E-state index is 13.4. The predicted molar refractivity (Wildman–Crippen MR) is 190 cm³/mol. The number of hydrogen-bond acceptors (Lipinski definition) is 8. The molecule has 49 heavy (non-hydrogen) atoms. The van der Waals surface area contributed by atoms with Gasteiger partial charge in [-0.2, -0.15) is 5.10 Å². The largest absolute Gasteiger partial charge is 0.481 e. The van der Waals surface area contributed by atoms with Crippen molar-refractivity contribution in [2.75, 3.05) is 39.0 Å². The molecule has 2 atom stereocenters. The van der Waals surface area contributed by atoms with Crippen molar-refractivity contribution in [1.29, 1.82) is 0 Å². The number of aliphatic carboxylic acids is 1. The number of carbonyl (C=O) groups excluding carboxylic acids is 1. The number of carboxylic acid groups (broad SMARTS) is 1. The summed E-state index contributed by atoms with van der Waals surface area (Å²) in [6.07, 6.45) is 9.25. The molecule has 4 aromatic rings. The molecule has 1 saturated carbocycles. The third-order valence-corrected chi connectivity index (χ3v) is 9.63. The molecule has 2 aliphatic rings. The van der Waals surface area contributed by atoms with Gasteiger partial charge >= 0.3 is 5.97 Å². The van der Waals surface area contributed by atoms with Gasteiger partial charge in [0, 0.05) is 69.2 Å². The monoisotopic (exact) mass is 665 g/mol. The number of amides is 1. The van der Waals surface area contributed by atoms with Crippen LogP contribution in [0.15, 0.2) is 73.2 Å². The highest BCUT2D eigenvalue weighted by molar-refractivity contribution is 5.99. The van der Waals surface area contributed by atoms with E-state index < -0.39 is 5.97 Å². The van der Waals surface area contributed by atoms with E-state index in [4.69, 9.17) is 15.6 Å². The van der Waals surface area contributed by atoms with E-state index in [0.29, 0.717) is 31.6 Å². The lowest BCUT2D eigenvalue weighted by Crippen LogP contribution is -2.43. The summed E-state index contributed by atoms with van der Waals surface area (Å²) in [5, 5.41) is 16.4. The molecule has 0 bridgehead atoms. The summed E-state index contributed by atoms with van der Waals surface area (Å²) in [5.41, 5.74) is 12.8. The van der Waals surface area contributed by atoms with Crippen molar-refractivity contribution < 1.29 is 19.4 Å². The zero-order valence-electron chi connectivity index (χ0n) is 28.3. The molecule has 1 aliphatic carbocycles. The Balaban J connectivity index is 0.997. The Hall–Kier alpha value is -4.58. The van der Waals surface area contributed by atoms with Crippen molar-refractivity contribution in [3.8, 4) is 22.3 Å². The van der Waals surface area contributed by atoms with Gasteiger partial charge in [0.05, 0.1) is 30.5 Å². The van der Waals surface area contributed by atoms with Crippen LogP contribution >= 0.6 is 0 Å². The first-order chi connectivity index (χ1) is 23.8. The molecule has 0 spiro atoms. The van der Waals surface area contributed by atoms with E-state index in [-0.39, 0.29) is 30.3 Å². The van der Waals surface area contributed by atoms with Crippen molar-refractivity contribution in [2.24, 2.45) is 0 Å². The summed E-state index contributed by atoms with van der Waals surface area (Å²) in [5.74, 6) is -0.899. The Morgan fingerprint density at radius 1 is 0.918 bits per heavy atom. The van der Waals surface area contributed by atoms with Crippen LogP contribution in [0.25, 0.3) is 22.3 Å². The maximum atomic E-state index is 13.4. The Labute approximate surface area is 288 Å². The van der Waals surface area contributed by atoms with Crippen LogP contribution in [0.1, 0.15) is 60.0 Å². The van der Waals surface area contributed by atoms with Gasteiger partial charge in [0.1, 0.15) is 5.82 Å². The number of benzene rings is 2. The van der Waals surface area contributed by atoms with Crippen LogP contribution in [0, 0.1) is 0 Å². The fourth-order valence-corrected chi connectivity index (χ4v) is 6.60. The lowest BCUT2D eigenvalue weighted by atomic mass is 10.0. The summed E-state index contributed by atoms with van der Waals surface area (Å²) in [4.78, 5) is 33.3. The number of carboxylic acids is 1. The highest BCUT2D eigenvalue weighted by atomic mass is 16.5. The molecule has 6 rings (SSSR count). The summed E-state index contributed by atoms with van der Waals surface area (Å²) in [6.45, 7) is 6.57. The Bertz CT molecular complexity index is 1700. The second kappa shape index (κ2) is 16.2. The number of nitrogens with one attached hydrogen (secondary N) is 1. The average molecular weight is 666 g/mol. The third kappa shape index (κ3) is 9.32. The van der Waals surface area contributed by atoms with E-state index in [2.05, 4.69) is 80.8 Å². The summed E-state index contributed by atoms with van der Waals surface area (Å²) in [7, 11) is 2.18. The van der Waals surface area contributed by atoms with Crippen LogP contribution in [0.5, 0.6) is 0 Å². The predicted octanol–water partition coefficient (Wildman–Crippen LogP) is 5.06. The number of nitrogens with zero attached hydrogens (tertiary/aromatic N) is 5. The lowest BCUT2D eigenvalue weighted by molar-refractivity contribution is -0.137. The topological polar surface area (TPSA) is 139 Å². The smallest absolute Gasteiger partial charge is 0.303 e. The molecule has 258 valence electrons. The SMILES string of the molecule is CN1CCN(Cc2ccc(-c3ccc(CO[C@H]4CCC[C@@H]4NC(=O)c4cc(-c5cnn(CCCCC(=O)O)c5)cnc4N)cc3)cc2)CC1. The number of aryl methyl sites for hydroxylation is 1. The van der Waals surface area contributed by atoms with Crippen molar-refractivity contribution >= 4 is 17.7 Å². The normalized spacial score (nSPS) is 18.5. The summed E-state index contributed by atoms with van der Waals surface area (Å²) < 4.78 is 8.12. The number of rotatable bonds is 14. The Morgan fingerprint density at radius 2 is 1.63 bits per heavy atom. The molecule has 0 radical (unpaired) electrons. The zero-order chi connectivity index (χ0) is 34.2. The molecule has 11 nitrogen and oxygen atoms in total. The van der Waals surface area contributed by atoms with Crippen molar-refractivity contribution in [3.63, 3.8) is 0 Å². The zero-order valence-corrected chi connectivity index (χ0v) is 28.3. The first-order valence-electron chi connectivity index (χ1n) is 17.3. The first-order valence-corrected chi connectivity index (χ1v) is 17.3. The van der Waals surface area contributed by atoms with Crippen LogP contribution in [0.4, 0.5) is 5.82 Å². The molecular weight excluding hydrogens is 618 g/mol. The van der Waals surface area contributed by atoms with Gasteiger partial charge in [-0.1, -0.05) is 48.5 Å². The van der Waals surface area contributed by atoms with Crippen LogP contribution in [-0.4, -0.2) is 86.9 Å². The second-order valence-corrected chi connectivity index (χ2v) is 13.3. The van der Waals surface area contributed by atoms with Crippen molar-refractivity contribution in [1.82, 2.24) is 29.9 Å². The van der Waals surface area contributed by atoms with Gasteiger partial charge in [-0.25, -0.2) is 4.98 Å². The summed E-state index contributed by atoms with van der Waals surface area (Å²) >= 11 is 0. The minimum atomic E-state index is -0.797. The van der Waals surface area contributed by atoms with Crippen LogP contribution in [0.3, 0.4) is 0 Å². The van der Waals surface area contributed by atoms with Crippen LogP contribution in [-0.2, 0) is 29.2 Å². The van der Waals surface area contributed by atoms with Gasteiger partial charge in [0.25, 0.3) is 5.91 Å². The van der Waals surface area contributed by atoms with Gasteiger partial charge in [-0.05, 0) is 67.5 Å². The molecular formula is C38H47N7O4. The van der Waals surface area contributed by atoms with Gasteiger partial charge < -0.3 is 25.8 Å². The highest BCUT2D eigenvalue weighted by Crippen LogP contribution is 2.27. The molecule has 1 amide bonds. The number of aromatic nitrogens is 3. The minimum absolute atomic E-state index is 0.0896. The number of piperazine rings is 1. The summed E-state index contributed by atoms with van der Waals surface area (Å²) in [6, 6.07) is 19.1. The third-order valence-electron chi connectivity index (χ3n) is 9.63. The van der Waals surface area contributed by atoms with E-state index in [9.17, 15) is 9.59 Å². The van der Waals surface area contributed by atoms with Crippen molar-refractivity contribution in [3.05, 3.63) is 89.9 Å². The van der Waals surface area contributed by atoms with E-state index in [1.165, 1.54) is 16.7 Å². The Kier molecular flexibility index (Phi) is 11.3. The van der Waals surface area contributed by atoms with Gasteiger partial charge in [0.2, 0.25) is 0 Å². The van der Waals surface area contributed by atoms with Gasteiger partial charge in [-0.15, -0.1) is 0 Å².